The third-order valence-corrected chi connectivity index (χ3v) is 3.13. The predicted molar refractivity (Wildman–Crippen MR) is 76.5 cm³/mol. The molecule has 0 saturated heterocycles. The fourth-order valence-electron chi connectivity index (χ4n) is 1.90. The first kappa shape index (κ1) is 15.4. The fourth-order valence-corrected chi connectivity index (χ4v) is 1.90. The molecule has 1 aromatic heterocycles. The maximum Gasteiger partial charge on any atom is 0.290 e. The Balaban J connectivity index is 2.42. The minimum absolute atomic E-state index is 0.0636. The Hall–Kier alpha value is -1.69. The van der Waals surface area contributed by atoms with Crippen molar-refractivity contribution in [3.05, 3.63) is 27.9 Å². The van der Waals surface area contributed by atoms with Gasteiger partial charge in [0, 0.05) is 12.1 Å². The molecule has 0 atom stereocenters. The highest BCUT2D eigenvalue weighted by Crippen LogP contribution is 2.18. The van der Waals surface area contributed by atoms with E-state index in [-0.39, 0.29) is 5.69 Å². The first-order valence-corrected chi connectivity index (χ1v) is 6.65. The molecular formula is C13H22N4O2. The van der Waals surface area contributed by atoms with Crippen LogP contribution in [0.15, 0.2) is 12.3 Å². The zero-order valence-electron chi connectivity index (χ0n) is 11.8. The maximum atomic E-state index is 10.7. The van der Waals surface area contributed by atoms with Crippen LogP contribution in [0.3, 0.4) is 0 Å². The van der Waals surface area contributed by atoms with Crippen LogP contribution in [0.25, 0.3) is 0 Å². The van der Waals surface area contributed by atoms with E-state index in [4.69, 9.17) is 0 Å². The van der Waals surface area contributed by atoms with Crippen LogP contribution >= 0.6 is 0 Å². The zero-order chi connectivity index (χ0) is 14.3. The lowest BCUT2D eigenvalue weighted by atomic mass is 10.2. The molecule has 6 heteroatoms. The van der Waals surface area contributed by atoms with E-state index in [0.717, 1.165) is 32.6 Å². The summed E-state index contributed by atoms with van der Waals surface area (Å²) in [5.41, 5.74) is 0.694. The molecule has 0 unspecified atom stereocenters. The van der Waals surface area contributed by atoms with E-state index < -0.39 is 4.92 Å². The molecule has 0 aliphatic carbocycles. The quantitative estimate of drug-likeness (QED) is 0.444. The van der Waals surface area contributed by atoms with Crippen molar-refractivity contribution in [1.29, 1.82) is 0 Å². The average Bonchev–Trinajstić information content (AvgIpc) is 2.38. The lowest BCUT2D eigenvalue weighted by molar-refractivity contribution is -0.385. The van der Waals surface area contributed by atoms with Gasteiger partial charge >= 0.3 is 0 Å². The largest absolute Gasteiger partial charge is 0.370 e. The van der Waals surface area contributed by atoms with Crippen molar-refractivity contribution in [3.63, 3.8) is 0 Å². The van der Waals surface area contributed by atoms with Crippen molar-refractivity contribution < 1.29 is 4.92 Å². The zero-order valence-corrected chi connectivity index (χ0v) is 11.8. The van der Waals surface area contributed by atoms with Crippen LogP contribution in [-0.2, 0) is 0 Å². The van der Waals surface area contributed by atoms with Gasteiger partial charge in [-0.15, -0.1) is 0 Å². The second kappa shape index (κ2) is 7.68. The summed E-state index contributed by atoms with van der Waals surface area (Å²) in [6.07, 6.45) is 2.33. The molecule has 0 aliphatic heterocycles. The van der Waals surface area contributed by atoms with Crippen molar-refractivity contribution >= 4 is 11.5 Å². The monoisotopic (exact) mass is 266 g/mol. The van der Waals surface area contributed by atoms with E-state index in [1.165, 1.54) is 6.20 Å². The molecule has 0 aliphatic rings. The second-order valence-corrected chi connectivity index (χ2v) is 4.42. The molecule has 1 heterocycles. The Morgan fingerprint density at radius 2 is 2.11 bits per heavy atom. The summed E-state index contributed by atoms with van der Waals surface area (Å²) in [6, 6.07) is 1.72. The molecule has 0 fully saturated rings. The third kappa shape index (κ3) is 4.82. The highest BCUT2D eigenvalue weighted by Gasteiger charge is 2.11. The molecule has 0 radical (unpaired) electrons. The number of nitrogens with zero attached hydrogens (tertiary/aromatic N) is 3. The molecule has 0 saturated carbocycles. The van der Waals surface area contributed by atoms with Crippen LogP contribution < -0.4 is 5.32 Å². The van der Waals surface area contributed by atoms with Gasteiger partial charge in [0.1, 0.15) is 12.0 Å². The highest BCUT2D eigenvalue weighted by molar-refractivity contribution is 5.46. The van der Waals surface area contributed by atoms with E-state index in [0.29, 0.717) is 11.4 Å². The van der Waals surface area contributed by atoms with Gasteiger partial charge in [0.25, 0.3) is 5.69 Å². The average molecular weight is 266 g/mol. The first-order chi connectivity index (χ1) is 9.08. The smallest absolute Gasteiger partial charge is 0.290 e. The number of hydrogen-bond acceptors (Lipinski definition) is 5. The molecule has 1 N–H and O–H groups in total. The first-order valence-electron chi connectivity index (χ1n) is 6.65. The number of pyridine rings is 1. The van der Waals surface area contributed by atoms with Crippen LogP contribution in [0.5, 0.6) is 0 Å². The Morgan fingerprint density at radius 3 is 2.63 bits per heavy atom. The van der Waals surface area contributed by atoms with Gasteiger partial charge in [-0.1, -0.05) is 13.8 Å². The number of rotatable bonds is 8. The van der Waals surface area contributed by atoms with Gasteiger partial charge in [0.05, 0.1) is 4.92 Å². The predicted octanol–water partition coefficient (Wildman–Crippen LogP) is 2.44. The summed E-state index contributed by atoms with van der Waals surface area (Å²) in [5, 5.41) is 13.9. The lowest BCUT2D eigenvalue weighted by Gasteiger charge is -2.17. The van der Waals surface area contributed by atoms with E-state index >= 15 is 0 Å². The van der Waals surface area contributed by atoms with E-state index in [2.05, 4.69) is 29.0 Å². The SMILES string of the molecule is CCN(CC)CCCNc1cc(C)c([N+](=O)[O-])cn1. The van der Waals surface area contributed by atoms with Crippen LogP contribution in [0.1, 0.15) is 25.8 Å². The lowest BCUT2D eigenvalue weighted by Crippen LogP contribution is -2.25. The molecule has 1 aromatic rings. The van der Waals surface area contributed by atoms with Crippen molar-refractivity contribution in [2.24, 2.45) is 0 Å². The van der Waals surface area contributed by atoms with Gasteiger partial charge in [0.15, 0.2) is 0 Å². The molecule has 0 bridgehead atoms. The van der Waals surface area contributed by atoms with Crippen molar-refractivity contribution in [2.45, 2.75) is 27.2 Å². The minimum atomic E-state index is -0.410. The minimum Gasteiger partial charge on any atom is -0.370 e. The Morgan fingerprint density at radius 1 is 1.42 bits per heavy atom. The van der Waals surface area contributed by atoms with Gasteiger partial charge in [-0.3, -0.25) is 10.1 Å². The fraction of sp³-hybridized carbons (Fsp3) is 0.615. The number of nitrogens with one attached hydrogen (secondary N) is 1. The van der Waals surface area contributed by atoms with E-state index in [1.807, 2.05) is 0 Å². The van der Waals surface area contributed by atoms with Crippen molar-refractivity contribution in [2.75, 3.05) is 31.5 Å². The molecule has 0 spiro atoms. The number of aryl methyl sites for hydroxylation is 1. The molecule has 0 amide bonds. The van der Waals surface area contributed by atoms with Crippen LogP contribution in [0.4, 0.5) is 11.5 Å². The Kier molecular flexibility index (Phi) is 6.21. The number of hydrogen-bond donors (Lipinski definition) is 1. The number of anilines is 1. The van der Waals surface area contributed by atoms with Crippen LogP contribution in [0.2, 0.25) is 0 Å². The van der Waals surface area contributed by atoms with Crippen LogP contribution in [-0.4, -0.2) is 41.0 Å². The Bertz CT molecular complexity index is 419. The summed E-state index contributed by atoms with van der Waals surface area (Å²) in [7, 11) is 0. The van der Waals surface area contributed by atoms with E-state index in [1.54, 1.807) is 13.0 Å². The second-order valence-electron chi connectivity index (χ2n) is 4.42. The summed E-state index contributed by atoms with van der Waals surface area (Å²) >= 11 is 0. The van der Waals surface area contributed by atoms with Gasteiger partial charge in [-0.25, -0.2) is 4.98 Å². The molecule has 0 aromatic carbocycles. The van der Waals surface area contributed by atoms with Gasteiger partial charge in [-0.2, -0.15) is 0 Å². The topological polar surface area (TPSA) is 71.3 Å². The van der Waals surface area contributed by atoms with Gasteiger partial charge < -0.3 is 10.2 Å². The summed E-state index contributed by atoms with van der Waals surface area (Å²) in [4.78, 5) is 16.7. The summed E-state index contributed by atoms with van der Waals surface area (Å²) in [5.74, 6) is 0.697. The molecular weight excluding hydrogens is 244 g/mol. The Labute approximate surface area is 114 Å². The van der Waals surface area contributed by atoms with Crippen LogP contribution in [0, 0.1) is 17.0 Å². The standard InChI is InChI=1S/C13H22N4O2/c1-4-16(5-2)8-6-7-14-13-9-11(3)12(10-15-13)17(18)19/h9-10H,4-8H2,1-3H3,(H,14,15). The van der Waals surface area contributed by atoms with Crippen molar-refractivity contribution in [1.82, 2.24) is 9.88 Å². The third-order valence-electron chi connectivity index (χ3n) is 3.13. The maximum absolute atomic E-state index is 10.7. The summed E-state index contributed by atoms with van der Waals surface area (Å²) in [6.45, 7) is 10.0. The molecule has 106 valence electrons. The highest BCUT2D eigenvalue weighted by atomic mass is 16.6. The summed E-state index contributed by atoms with van der Waals surface area (Å²) < 4.78 is 0. The molecule has 6 nitrogen and oxygen atoms in total. The van der Waals surface area contributed by atoms with Gasteiger partial charge in [-0.05, 0) is 39.0 Å². The number of nitro groups is 1. The van der Waals surface area contributed by atoms with Crippen molar-refractivity contribution in [3.8, 4) is 0 Å². The molecule has 19 heavy (non-hydrogen) atoms. The van der Waals surface area contributed by atoms with E-state index in [9.17, 15) is 10.1 Å². The van der Waals surface area contributed by atoms with Gasteiger partial charge in [0.2, 0.25) is 0 Å². The molecule has 1 rings (SSSR count). The normalized spacial score (nSPS) is 10.7. The number of aromatic nitrogens is 1.